The lowest BCUT2D eigenvalue weighted by atomic mass is 10.2. The van der Waals surface area contributed by atoms with Gasteiger partial charge in [0.2, 0.25) is 0 Å². The van der Waals surface area contributed by atoms with E-state index in [-0.39, 0.29) is 0 Å². The van der Waals surface area contributed by atoms with Gasteiger partial charge in [-0.1, -0.05) is 22.0 Å². The molecule has 0 saturated carbocycles. The van der Waals surface area contributed by atoms with E-state index in [1.54, 1.807) is 0 Å². The number of halogens is 4. The molecule has 2 N–H and O–H groups in total. The maximum Gasteiger partial charge on any atom is 0.146 e. The van der Waals surface area contributed by atoms with Gasteiger partial charge in [-0.3, -0.25) is 0 Å². The highest BCUT2D eigenvalue weighted by molar-refractivity contribution is 14.1. The Morgan fingerprint density at radius 3 is 2.26 bits per heavy atom. The third-order valence-electron chi connectivity index (χ3n) is 2.44. The van der Waals surface area contributed by atoms with Gasteiger partial charge in [0.15, 0.2) is 0 Å². The number of anilines is 1. The van der Waals surface area contributed by atoms with Crippen molar-refractivity contribution >= 4 is 89.4 Å². The van der Waals surface area contributed by atoms with E-state index in [1.807, 2.05) is 18.2 Å². The molecule has 0 saturated heterocycles. The predicted molar refractivity (Wildman–Crippen MR) is 107 cm³/mol. The predicted octanol–water partition coefficient (Wildman–Crippen LogP) is 5.42. The van der Waals surface area contributed by atoms with Crippen molar-refractivity contribution in [1.82, 2.24) is 0 Å². The van der Waals surface area contributed by atoms with E-state index in [2.05, 4.69) is 95.8 Å². The minimum Gasteiger partial charge on any atom is -0.487 e. The molecule has 0 fully saturated rings. The maximum absolute atomic E-state index is 5.97. The summed E-state index contributed by atoms with van der Waals surface area (Å²) < 4.78 is 10.3. The van der Waals surface area contributed by atoms with Crippen molar-refractivity contribution in [3.05, 3.63) is 51.1 Å². The number of nitrogen functional groups attached to an aromatic ring is 1. The van der Waals surface area contributed by atoms with Crippen molar-refractivity contribution in [3.8, 4) is 5.75 Å². The largest absolute Gasteiger partial charge is 0.487 e. The average molecular weight is 656 g/mol. The van der Waals surface area contributed by atoms with Gasteiger partial charge in [-0.05, 0) is 92.0 Å². The van der Waals surface area contributed by atoms with E-state index in [1.165, 1.54) is 3.57 Å². The Morgan fingerprint density at radius 1 is 1.05 bits per heavy atom. The lowest BCUT2D eigenvalue weighted by Crippen LogP contribution is -2.02. The van der Waals surface area contributed by atoms with Gasteiger partial charge in [0.05, 0.1) is 7.14 Å². The first-order valence-corrected chi connectivity index (χ1v) is 9.31. The molecule has 0 unspecified atom stereocenters. The van der Waals surface area contributed by atoms with Crippen LogP contribution in [0.1, 0.15) is 5.56 Å². The standard InChI is InChI=1S/C13H9BrI3NO/c14-8-2-1-7(12(18)3-8)6-19-13-10(16)4-9(15)5-11(13)17/h1-5H,6,18H2. The lowest BCUT2D eigenvalue weighted by Gasteiger charge is -2.12. The fourth-order valence-electron chi connectivity index (χ4n) is 1.51. The Balaban J connectivity index is 2.19. The second-order valence-electron chi connectivity index (χ2n) is 3.83. The number of ether oxygens (including phenoxy) is 1. The summed E-state index contributed by atoms with van der Waals surface area (Å²) in [6, 6.07) is 10.0. The van der Waals surface area contributed by atoms with E-state index in [0.29, 0.717) is 6.61 Å². The van der Waals surface area contributed by atoms with Crippen LogP contribution in [0.2, 0.25) is 0 Å². The van der Waals surface area contributed by atoms with Crippen LogP contribution in [0.3, 0.4) is 0 Å². The normalized spacial score (nSPS) is 10.5. The number of nitrogens with two attached hydrogens (primary N) is 1. The summed E-state index contributed by atoms with van der Waals surface area (Å²) >= 11 is 10.3. The number of hydrogen-bond acceptors (Lipinski definition) is 2. The van der Waals surface area contributed by atoms with Gasteiger partial charge in [0.1, 0.15) is 12.4 Å². The highest BCUT2D eigenvalue weighted by Gasteiger charge is 2.09. The molecule has 2 aromatic carbocycles. The molecule has 0 aliphatic heterocycles. The first-order chi connectivity index (χ1) is 8.97. The van der Waals surface area contributed by atoms with Crippen molar-refractivity contribution < 1.29 is 4.74 Å². The van der Waals surface area contributed by atoms with Gasteiger partial charge in [-0.15, -0.1) is 0 Å². The SMILES string of the molecule is Nc1cc(Br)ccc1COc1c(I)cc(I)cc1I. The topological polar surface area (TPSA) is 35.2 Å². The van der Waals surface area contributed by atoms with Crippen LogP contribution in [-0.2, 0) is 6.61 Å². The van der Waals surface area contributed by atoms with Crippen LogP contribution in [0.25, 0.3) is 0 Å². The molecular weight excluding hydrogens is 647 g/mol. The van der Waals surface area contributed by atoms with Crippen LogP contribution >= 0.6 is 83.7 Å². The van der Waals surface area contributed by atoms with E-state index >= 15 is 0 Å². The molecule has 0 atom stereocenters. The van der Waals surface area contributed by atoms with E-state index in [9.17, 15) is 0 Å². The average Bonchev–Trinajstić information content (AvgIpc) is 2.30. The zero-order valence-corrected chi connectivity index (χ0v) is 17.6. The van der Waals surface area contributed by atoms with Crippen LogP contribution in [0.4, 0.5) is 5.69 Å². The summed E-state index contributed by atoms with van der Waals surface area (Å²) in [4.78, 5) is 0. The van der Waals surface area contributed by atoms with Gasteiger partial charge in [-0.2, -0.15) is 0 Å². The van der Waals surface area contributed by atoms with Crippen LogP contribution in [0.5, 0.6) is 5.75 Å². The second kappa shape index (κ2) is 7.12. The molecule has 0 radical (unpaired) electrons. The van der Waals surface area contributed by atoms with Crippen LogP contribution in [0, 0.1) is 10.7 Å². The van der Waals surface area contributed by atoms with Crippen molar-refractivity contribution in [1.29, 1.82) is 0 Å². The summed E-state index contributed by atoms with van der Waals surface area (Å²) in [5.41, 5.74) is 7.71. The van der Waals surface area contributed by atoms with Crippen molar-refractivity contribution in [3.63, 3.8) is 0 Å². The first-order valence-electron chi connectivity index (χ1n) is 5.28. The molecule has 0 aliphatic rings. The Morgan fingerprint density at radius 2 is 1.68 bits per heavy atom. The Labute approximate surface area is 161 Å². The Bertz CT molecular complexity index is 596. The molecular formula is C13H9BrI3NO. The molecule has 0 aliphatic carbocycles. The molecule has 0 aromatic heterocycles. The molecule has 2 aromatic rings. The Hall–Kier alpha value is 0.710. The van der Waals surface area contributed by atoms with Crippen molar-refractivity contribution in [2.75, 3.05) is 5.73 Å². The minimum atomic E-state index is 0.478. The first kappa shape index (κ1) is 16.1. The van der Waals surface area contributed by atoms with Gasteiger partial charge in [-0.25, -0.2) is 0 Å². The smallest absolute Gasteiger partial charge is 0.146 e. The molecule has 2 nitrogen and oxygen atoms in total. The molecule has 2 rings (SSSR count). The summed E-state index contributed by atoms with van der Waals surface area (Å²) in [5, 5.41) is 0. The highest BCUT2D eigenvalue weighted by Crippen LogP contribution is 2.30. The third-order valence-corrected chi connectivity index (χ3v) is 5.16. The van der Waals surface area contributed by atoms with Crippen molar-refractivity contribution in [2.24, 2.45) is 0 Å². The summed E-state index contributed by atoms with van der Waals surface area (Å²) in [6.07, 6.45) is 0. The summed E-state index contributed by atoms with van der Waals surface area (Å²) in [6.45, 7) is 0.478. The Kier molecular flexibility index (Phi) is 6.03. The lowest BCUT2D eigenvalue weighted by molar-refractivity contribution is 0.302. The zero-order valence-electron chi connectivity index (χ0n) is 9.59. The molecule has 0 amide bonds. The molecule has 0 spiro atoms. The van der Waals surface area contributed by atoms with Gasteiger partial charge in [0, 0.05) is 19.3 Å². The summed E-state index contributed by atoms with van der Waals surface area (Å²) in [5.74, 6) is 0.920. The molecule has 100 valence electrons. The summed E-state index contributed by atoms with van der Waals surface area (Å²) in [7, 11) is 0. The van der Waals surface area contributed by atoms with Gasteiger partial charge >= 0.3 is 0 Å². The van der Waals surface area contributed by atoms with Crippen LogP contribution in [0.15, 0.2) is 34.8 Å². The number of rotatable bonds is 3. The maximum atomic E-state index is 5.97. The monoisotopic (exact) mass is 655 g/mol. The highest BCUT2D eigenvalue weighted by atomic mass is 127. The fourth-order valence-corrected chi connectivity index (χ4v) is 5.79. The molecule has 6 heteroatoms. The molecule has 0 bridgehead atoms. The van der Waals surface area contributed by atoms with Crippen LogP contribution < -0.4 is 10.5 Å². The number of benzene rings is 2. The molecule has 0 heterocycles. The van der Waals surface area contributed by atoms with Crippen LogP contribution in [-0.4, -0.2) is 0 Å². The van der Waals surface area contributed by atoms with Crippen molar-refractivity contribution in [2.45, 2.75) is 6.61 Å². The minimum absolute atomic E-state index is 0.478. The third kappa shape index (κ3) is 4.34. The van der Waals surface area contributed by atoms with Gasteiger partial charge < -0.3 is 10.5 Å². The van der Waals surface area contributed by atoms with Gasteiger partial charge in [0.25, 0.3) is 0 Å². The fraction of sp³-hybridized carbons (Fsp3) is 0.0769. The van der Waals surface area contributed by atoms with E-state index in [4.69, 9.17) is 10.5 Å². The number of hydrogen-bond donors (Lipinski definition) is 1. The zero-order chi connectivity index (χ0) is 14.0. The quantitative estimate of drug-likeness (QED) is 0.354. The van der Waals surface area contributed by atoms with E-state index < -0.39 is 0 Å². The second-order valence-corrected chi connectivity index (χ2v) is 8.32. The van der Waals surface area contributed by atoms with E-state index in [0.717, 1.165) is 28.6 Å². The molecule has 19 heavy (non-hydrogen) atoms.